The van der Waals surface area contributed by atoms with Gasteiger partial charge in [0.05, 0.1) is 18.2 Å². The van der Waals surface area contributed by atoms with Crippen molar-refractivity contribution < 1.29 is 9.21 Å². The fourth-order valence-corrected chi connectivity index (χ4v) is 4.67. The SMILES string of the molecule is Cc1ccc([C@@H]2CSCCN2C(=O)Cc2cn3ccsc3n2)o1. The number of thiazole rings is 1. The maximum atomic E-state index is 12.8. The van der Waals surface area contributed by atoms with E-state index in [0.717, 1.165) is 40.2 Å². The first-order valence-corrected chi connectivity index (χ1v) is 9.59. The molecule has 5 nitrogen and oxygen atoms in total. The lowest BCUT2D eigenvalue weighted by molar-refractivity contribution is -0.132. The molecule has 0 aromatic carbocycles. The molecule has 0 spiro atoms. The number of nitrogens with zero attached hydrogens (tertiary/aromatic N) is 3. The third kappa shape index (κ3) is 2.90. The van der Waals surface area contributed by atoms with Gasteiger partial charge in [-0.3, -0.25) is 9.20 Å². The maximum absolute atomic E-state index is 12.8. The van der Waals surface area contributed by atoms with Crippen molar-refractivity contribution in [2.24, 2.45) is 0 Å². The molecule has 1 atom stereocenters. The van der Waals surface area contributed by atoms with E-state index in [1.165, 1.54) is 0 Å². The number of aromatic nitrogens is 2. The highest BCUT2D eigenvalue weighted by Crippen LogP contribution is 2.31. The highest BCUT2D eigenvalue weighted by atomic mass is 32.2. The number of aryl methyl sites for hydroxylation is 1. The first kappa shape index (κ1) is 14.8. The van der Waals surface area contributed by atoms with E-state index in [-0.39, 0.29) is 11.9 Å². The minimum Gasteiger partial charge on any atom is -0.464 e. The average molecular weight is 347 g/mol. The summed E-state index contributed by atoms with van der Waals surface area (Å²) in [5.74, 6) is 3.75. The van der Waals surface area contributed by atoms with Gasteiger partial charge in [-0.1, -0.05) is 0 Å². The first-order chi connectivity index (χ1) is 11.2. The quantitative estimate of drug-likeness (QED) is 0.730. The zero-order valence-corrected chi connectivity index (χ0v) is 14.4. The number of furan rings is 1. The van der Waals surface area contributed by atoms with Crippen LogP contribution < -0.4 is 0 Å². The Bertz CT molecular complexity index is 807. The van der Waals surface area contributed by atoms with Crippen molar-refractivity contribution in [3.05, 3.63) is 47.1 Å². The van der Waals surface area contributed by atoms with Crippen LogP contribution in [-0.4, -0.2) is 38.2 Å². The Kier molecular flexibility index (Phi) is 3.90. The molecule has 0 unspecified atom stereocenters. The number of carbonyl (C=O) groups is 1. The molecule has 0 aliphatic carbocycles. The van der Waals surface area contributed by atoms with Crippen LogP contribution >= 0.6 is 23.1 Å². The van der Waals surface area contributed by atoms with Crippen LogP contribution in [0.4, 0.5) is 0 Å². The summed E-state index contributed by atoms with van der Waals surface area (Å²) in [7, 11) is 0. The van der Waals surface area contributed by atoms with Crippen LogP contribution in [0.1, 0.15) is 23.3 Å². The molecule has 0 saturated carbocycles. The minimum atomic E-state index is 0.0266. The van der Waals surface area contributed by atoms with Crippen LogP contribution in [0.3, 0.4) is 0 Å². The van der Waals surface area contributed by atoms with E-state index in [0.29, 0.717) is 6.42 Å². The monoisotopic (exact) mass is 347 g/mol. The van der Waals surface area contributed by atoms with Crippen LogP contribution in [0.5, 0.6) is 0 Å². The lowest BCUT2D eigenvalue weighted by atomic mass is 10.2. The Morgan fingerprint density at radius 1 is 1.48 bits per heavy atom. The second-order valence-corrected chi connectivity index (χ2v) is 7.65. The summed E-state index contributed by atoms with van der Waals surface area (Å²) in [6.07, 6.45) is 4.25. The molecule has 1 aliphatic heterocycles. The zero-order valence-electron chi connectivity index (χ0n) is 12.8. The van der Waals surface area contributed by atoms with Gasteiger partial charge in [-0.15, -0.1) is 11.3 Å². The smallest absolute Gasteiger partial charge is 0.229 e. The van der Waals surface area contributed by atoms with Crippen LogP contribution in [0.2, 0.25) is 0 Å². The minimum absolute atomic E-state index is 0.0266. The molecule has 120 valence electrons. The molecule has 3 aromatic heterocycles. The predicted molar refractivity (Wildman–Crippen MR) is 92.0 cm³/mol. The van der Waals surface area contributed by atoms with Crippen molar-refractivity contribution >= 4 is 34.0 Å². The molecule has 0 radical (unpaired) electrons. The second kappa shape index (κ2) is 6.05. The molecule has 4 rings (SSSR count). The Morgan fingerprint density at radius 3 is 3.17 bits per heavy atom. The molecule has 23 heavy (non-hydrogen) atoms. The Balaban J connectivity index is 1.54. The summed E-state index contributed by atoms with van der Waals surface area (Å²) in [5, 5.41) is 1.99. The number of carbonyl (C=O) groups excluding carboxylic acids is 1. The van der Waals surface area contributed by atoms with Crippen LogP contribution in [0.15, 0.2) is 34.3 Å². The van der Waals surface area contributed by atoms with E-state index < -0.39 is 0 Å². The Hall–Kier alpha value is -1.73. The number of fused-ring (bicyclic) bond motifs is 1. The third-order valence-electron chi connectivity index (χ3n) is 4.01. The summed E-state index contributed by atoms with van der Waals surface area (Å²) in [4.78, 5) is 20.2. The Morgan fingerprint density at radius 2 is 2.39 bits per heavy atom. The van der Waals surface area contributed by atoms with Gasteiger partial charge >= 0.3 is 0 Å². The number of hydrogen-bond acceptors (Lipinski definition) is 5. The second-order valence-electron chi connectivity index (χ2n) is 5.63. The molecule has 1 saturated heterocycles. The predicted octanol–water partition coefficient (Wildman–Crippen LogP) is 3.16. The molecule has 7 heteroatoms. The van der Waals surface area contributed by atoms with Gasteiger partial charge < -0.3 is 9.32 Å². The summed E-state index contributed by atoms with van der Waals surface area (Å²) >= 11 is 3.45. The summed E-state index contributed by atoms with van der Waals surface area (Å²) in [6, 6.07) is 3.97. The summed E-state index contributed by atoms with van der Waals surface area (Å²) < 4.78 is 7.73. The maximum Gasteiger partial charge on any atom is 0.229 e. The number of imidazole rings is 1. The van der Waals surface area contributed by atoms with Crippen LogP contribution in [0.25, 0.3) is 4.96 Å². The van der Waals surface area contributed by atoms with Gasteiger partial charge in [-0.2, -0.15) is 11.8 Å². The van der Waals surface area contributed by atoms with E-state index in [9.17, 15) is 4.79 Å². The number of hydrogen-bond donors (Lipinski definition) is 0. The van der Waals surface area contributed by atoms with Crippen molar-refractivity contribution in [3.63, 3.8) is 0 Å². The summed E-state index contributed by atoms with van der Waals surface area (Å²) in [6.45, 7) is 2.69. The lowest BCUT2D eigenvalue weighted by Crippen LogP contribution is -2.41. The van der Waals surface area contributed by atoms with Gasteiger partial charge in [0.1, 0.15) is 11.5 Å². The molecule has 4 heterocycles. The van der Waals surface area contributed by atoms with Crippen molar-refractivity contribution in [1.82, 2.24) is 14.3 Å². The molecule has 1 aliphatic rings. The fraction of sp³-hybridized carbons (Fsp3) is 0.375. The van der Waals surface area contributed by atoms with Gasteiger partial charge in [0, 0.05) is 35.8 Å². The van der Waals surface area contributed by atoms with E-state index in [4.69, 9.17) is 4.42 Å². The first-order valence-electron chi connectivity index (χ1n) is 7.55. The number of thioether (sulfide) groups is 1. The van der Waals surface area contributed by atoms with Crippen molar-refractivity contribution in [2.45, 2.75) is 19.4 Å². The van der Waals surface area contributed by atoms with Crippen molar-refractivity contribution in [2.75, 3.05) is 18.1 Å². The Labute approximate surface area is 142 Å². The van der Waals surface area contributed by atoms with Gasteiger partial charge in [0.25, 0.3) is 0 Å². The summed E-state index contributed by atoms with van der Waals surface area (Å²) in [5.41, 5.74) is 0.828. The van der Waals surface area contributed by atoms with Crippen molar-refractivity contribution in [3.8, 4) is 0 Å². The zero-order chi connectivity index (χ0) is 15.8. The molecule has 0 N–H and O–H groups in total. The molecule has 1 fully saturated rings. The normalized spacial score (nSPS) is 18.7. The molecular weight excluding hydrogens is 330 g/mol. The van der Waals surface area contributed by atoms with Crippen LogP contribution in [0, 0.1) is 6.92 Å². The molecular formula is C16H17N3O2S2. The lowest BCUT2D eigenvalue weighted by Gasteiger charge is -2.34. The van der Waals surface area contributed by atoms with E-state index in [1.54, 1.807) is 11.3 Å². The average Bonchev–Trinajstić information content (AvgIpc) is 3.23. The van der Waals surface area contributed by atoms with Crippen molar-refractivity contribution in [1.29, 1.82) is 0 Å². The van der Waals surface area contributed by atoms with Gasteiger partial charge in [-0.25, -0.2) is 4.98 Å². The van der Waals surface area contributed by atoms with Crippen LogP contribution in [-0.2, 0) is 11.2 Å². The van der Waals surface area contributed by atoms with Gasteiger partial charge in [0.2, 0.25) is 5.91 Å². The van der Waals surface area contributed by atoms with Gasteiger partial charge in [-0.05, 0) is 19.1 Å². The van der Waals surface area contributed by atoms with Gasteiger partial charge in [0.15, 0.2) is 4.96 Å². The highest BCUT2D eigenvalue weighted by molar-refractivity contribution is 7.99. The molecule has 1 amide bonds. The number of amides is 1. The highest BCUT2D eigenvalue weighted by Gasteiger charge is 2.30. The molecule has 0 bridgehead atoms. The van der Waals surface area contributed by atoms with E-state index in [1.807, 2.05) is 57.9 Å². The number of rotatable bonds is 3. The standard InChI is InChI=1S/C16H17N3O2S2/c1-11-2-3-14(21-11)13-10-22-6-5-19(13)15(20)8-12-9-18-4-7-23-16(18)17-12/h2-4,7,9,13H,5-6,8,10H2,1H3/t13-/m0/s1. The third-order valence-corrected chi connectivity index (χ3v) is 5.81. The topological polar surface area (TPSA) is 50.8 Å². The largest absolute Gasteiger partial charge is 0.464 e. The van der Waals surface area contributed by atoms with E-state index >= 15 is 0 Å². The fourth-order valence-electron chi connectivity index (χ4n) is 2.89. The molecule has 3 aromatic rings. The van der Waals surface area contributed by atoms with E-state index in [2.05, 4.69) is 4.98 Å².